The number of benzene rings is 1. The second-order valence-electron chi connectivity index (χ2n) is 7.75. The van der Waals surface area contributed by atoms with Gasteiger partial charge in [0.25, 0.3) is 5.56 Å². The van der Waals surface area contributed by atoms with Crippen molar-refractivity contribution in [2.45, 2.75) is 32.4 Å². The van der Waals surface area contributed by atoms with Crippen LogP contribution >= 0.6 is 11.6 Å². The van der Waals surface area contributed by atoms with E-state index in [2.05, 4.69) is 10.2 Å². The van der Waals surface area contributed by atoms with Gasteiger partial charge in [0.15, 0.2) is 0 Å². The molecule has 3 heterocycles. The minimum Gasteiger partial charge on any atom is -0.465 e. The average molecular weight is 430 g/mol. The summed E-state index contributed by atoms with van der Waals surface area (Å²) in [5.41, 5.74) is 2.86. The summed E-state index contributed by atoms with van der Waals surface area (Å²) in [5.74, 6) is 0.660. The van der Waals surface area contributed by atoms with Crippen molar-refractivity contribution in [2.75, 3.05) is 18.0 Å². The van der Waals surface area contributed by atoms with E-state index in [0.29, 0.717) is 35.1 Å². The van der Waals surface area contributed by atoms with Crippen LogP contribution in [0.15, 0.2) is 35.3 Å². The van der Waals surface area contributed by atoms with Crippen molar-refractivity contribution in [1.82, 2.24) is 19.4 Å². The van der Waals surface area contributed by atoms with Gasteiger partial charge in [0.1, 0.15) is 11.0 Å². The summed E-state index contributed by atoms with van der Waals surface area (Å²) in [6.45, 7) is 3.57. The van der Waals surface area contributed by atoms with Gasteiger partial charge in [0, 0.05) is 37.4 Å². The lowest BCUT2D eigenvalue weighted by molar-refractivity contribution is 0.188. The number of hydrogen-bond donors (Lipinski definition) is 2. The highest BCUT2D eigenvalue weighted by Gasteiger charge is 2.27. The fourth-order valence-corrected chi connectivity index (χ4v) is 4.34. The number of rotatable bonds is 4. The Balaban J connectivity index is 1.85. The highest BCUT2D eigenvalue weighted by molar-refractivity contribution is 6.31. The topological polar surface area (TPSA) is 92.4 Å². The highest BCUT2D eigenvalue weighted by Crippen LogP contribution is 2.28. The molecule has 1 atom stereocenters. The first-order chi connectivity index (χ1) is 14.3. The van der Waals surface area contributed by atoms with Crippen molar-refractivity contribution in [1.29, 1.82) is 0 Å². The molecule has 4 rings (SSSR count). The smallest absolute Gasteiger partial charge is 0.404 e. The number of pyridine rings is 1. The lowest BCUT2D eigenvalue weighted by Gasteiger charge is -2.33. The first-order valence-electron chi connectivity index (χ1n) is 9.89. The largest absolute Gasteiger partial charge is 0.465 e. The number of aromatic nitrogens is 3. The van der Waals surface area contributed by atoms with E-state index in [1.807, 2.05) is 35.8 Å². The lowest BCUT2D eigenvalue weighted by atomic mass is 10.1. The third kappa shape index (κ3) is 3.75. The Labute approximate surface area is 178 Å². The molecule has 158 valence electrons. The monoisotopic (exact) mass is 429 g/mol. The number of imidazole rings is 1. The molecule has 1 aliphatic heterocycles. The Hall–Kier alpha value is -3.00. The molecule has 1 aliphatic rings. The van der Waals surface area contributed by atoms with Crippen molar-refractivity contribution in [3.63, 3.8) is 0 Å². The summed E-state index contributed by atoms with van der Waals surface area (Å²) in [6.07, 6.45) is 2.36. The number of fused-ring (bicyclic) bond motifs is 1. The molecule has 0 aliphatic carbocycles. The van der Waals surface area contributed by atoms with Crippen molar-refractivity contribution in [3.05, 3.63) is 57.0 Å². The molecule has 8 nitrogen and oxygen atoms in total. The van der Waals surface area contributed by atoms with E-state index in [0.717, 1.165) is 30.5 Å². The number of amides is 1. The van der Waals surface area contributed by atoms with Crippen LogP contribution in [0.3, 0.4) is 0 Å². The van der Waals surface area contributed by atoms with Gasteiger partial charge in [-0.05, 0) is 37.0 Å². The number of anilines is 1. The molecular formula is C21H24ClN5O3. The van der Waals surface area contributed by atoms with E-state index < -0.39 is 6.09 Å². The first kappa shape index (κ1) is 20.3. The summed E-state index contributed by atoms with van der Waals surface area (Å²) >= 11 is 6.41. The molecule has 0 bridgehead atoms. The maximum absolute atomic E-state index is 13.0. The van der Waals surface area contributed by atoms with Crippen LogP contribution in [0.5, 0.6) is 0 Å². The highest BCUT2D eigenvalue weighted by atomic mass is 35.5. The molecule has 9 heteroatoms. The number of hydrogen-bond acceptors (Lipinski definition) is 4. The molecular weight excluding hydrogens is 406 g/mol. The van der Waals surface area contributed by atoms with E-state index in [-0.39, 0.29) is 11.6 Å². The fourth-order valence-electron chi connectivity index (χ4n) is 4.15. The van der Waals surface area contributed by atoms with E-state index in [9.17, 15) is 9.59 Å². The molecule has 1 saturated heterocycles. The molecule has 1 aromatic carbocycles. The normalized spacial score (nSPS) is 16.8. The molecule has 2 aromatic heterocycles. The van der Waals surface area contributed by atoms with Gasteiger partial charge in [-0.15, -0.1) is 0 Å². The molecule has 30 heavy (non-hydrogen) atoms. The zero-order valence-corrected chi connectivity index (χ0v) is 17.7. The predicted molar refractivity (Wildman–Crippen MR) is 117 cm³/mol. The predicted octanol–water partition coefficient (Wildman–Crippen LogP) is 2.98. The number of aryl methyl sites for hydroxylation is 2. The number of halogens is 1. The van der Waals surface area contributed by atoms with Gasteiger partial charge in [-0.25, -0.2) is 9.78 Å². The molecule has 3 aromatic rings. The van der Waals surface area contributed by atoms with E-state index in [1.165, 1.54) is 0 Å². The van der Waals surface area contributed by atoms with Crippen molar-refractivity contribution in [3.8, 4) is 0 Å². The van der Waals surface area contributed by atoms with Crippen LogP contribution < -0.4 is 15.8 Å². The molecule has 1 fully saturated rings. The summed E-state index contributed by atoms with van der Waals surface area (Å²) in [6, 6.07) is 7.36. The zero-order valence-electron chi connectivity index (χ0n) is 16.9. The molecule has 0 radical (unpaired) electrons. The third-order valence-electron chi connectivity index (χ3n) is 5.55. The number of piperidine rings is 1. The molecule has 2 N–H and O–H groups in total. The molecule has 0 unspecified atom stereocenters. The van der Waals surface area contributed by atoms with Crippen molar-refractivity contribution in [2.24, 2.45) is 7.05 Å². The summed E-state index contributed by atoms with van der Waals surface area (Å²) < 4.78 is 3.48. The van der Waals surface area contributed by atoms with Crippen LogP contribution in [-0.4, -0.2) is 44.4 Å². The van der Waals surface area contributed by atoms with Crippen molar-refractivity contribution >= 4 is 34.7 Å². The van der Waals surface area contributed by atoms with Gasteiger partial charge in [-0.1, -0.05) is 29.8 Å². The van der Waals surface area contributed by atoms with Gasteiger partial charge in [-0.3, -0.25) is 4.79 Å². The van der Waals surface area contributed by atoms with Crippen LogP contribution in [0.2, 0.25) is 5.02 Å². The molecule has 0 saturated carbocycles. The Kier molecular flexibility index (Phi) is 5.42. The Morgan fingerprint density at radius 1 is 1.37 bits per heavy atom. The maximum atomic E-state index is 13.0. The van der Waals surface area contributed by atoms with Crippen molar-refractivity contribution < 1.29 is 9.90 Å². The average Bonchev–Trinajstić information content (AvgIpc) is 3.08. The van der Waals surface area contributed by atoms with Crippen LogP contribution in [0, 0.1) is 6.92 Å². The fraction of sp³-hybridized carbons (Fsp3) is 0.381. The second kappa shape index (κ2) is 8.02. The SMILES string of the molecule is Cc1cn(C)c(=O)c2c1nc(N1CCC[C@@H](NC(=O)O)C1)n2Cc1ccccc1Cl. The number of carboxylic acid groups (broad SMARTS) is 1. The summed E-state index contributed by atoms with van der Waals surface area (Å²) in [5, 5.41) is 12.3. The standard InChI is InChI=1S/C21H24ClN5O3/c1-13-10-25(2)19(28)18-17(13)24-20(26-9-5-7-15(12-26)23-21(29)30)27(18)11-14-6-3-4-8-16(14)22/h3-4,6,8,10,15,23H,5,7,9,11-12H2,1-2H3,(H,29,30)/t15-/m1/s1. The number of nitrogens with zero attached hydrogens (tertiary/aromatic N) is 4. The minimum atomic E-state index is -1.03. The minimum absolute atomic E-state index is 0.126. The summed E-state index contributed by atoms with van der Waals surface area (Å²) in [4.78, 5) is 31.0. The Morgan fingerprint density at radius 3 is 2.87 bits per heavy atom. The first-order valence-corrected chi connectivity index (χ1v) is 10.3. The van der Waals surface area contributed by atoms with E-state index in [4.69, 9.17) is 21.7 Å². The number of carbonyl (C=O) groups is 1. The van der Waals surface area contributed by atoms with Gasteiger partial charge < -0.3 is 24.5 Å². The molecule has 0 spiro atoms. The Morgan fingerprint density at radius 2 is 2.13 bits per heavy atom. The van der Waals surface area contributed by atoms with Crippen LogP contribution in [0.4, 0.5) is 10.7 Å². The van der Waals surface area contributed by atoms with Gasteiger partial charge in [-0.2, -0.15) is 0 Å². The van der Waals surface area contributed by atoms with Crippen LogP contribution in [-0.2, 0) is 13.6 Å². The number of nitrogens with one attached hydrogen (secondary N) is 1. The lowest BCUT2D eigenvalue weighted by Crippen LogP contribution is -2.48. The zero-order chi connectivity index (χ0) is 21.4. The Bertz CT molecular complexity index is 1170. The molecule has 1 amide bonds. The van der Waals surface area contributed by atoms with Gasteiger partial charge >= 0.3 is 6.09 Å². The maximum Gasteiger partial charge on any atom is 0.404 e. The van der Waals surface area contributed by atoms with Gasteiger partial charge in [0.05, 0.1) is 6.54 Å². The van der Waals surface area contributed by atoms with Crippen LogP contribution in [0.1, 0.15) is 24.0 Å². The van der Waals surface area contributed by atoms with E-state index in [1.54, 1.807) is 17.8 Å². The quantitative estimate of drug-likeness (QED) is 0.665. The second-order valence-corrected chi connectivity index (χ2v) is 8.16. The van der Waals surface area contributed by atoms with Crippen LogP contribution in [0.25, 0.3) is 11.0 Å². The van der Waals surface area contributed by atoms with Gasteiger partial charge in [0.2, 0.25) is 5.95 Å². The summed E-state index contributed by atoms with van der Waals surface area (Å²) in [7, 11) is 1.73. The third-order valence-corrected chi connectivity index (χ3v) is 5.92. The van der Waals surface area contributed by atoms with E-state index >= 15 is 0 Å².